The molecule has 4 nitrogen and oxygen atoms in total. The Balaban J connectivity index is 1.64. The lowest BCUT2D eigenvalue weighted by Crippen LogP contribution is -2.50. The van der Waals surface area contributed by atoms with Crippen LogP contribution in [0.15, 0.2) is 17.5 Å². The molecule has 1 atom stereocenters. The molecule has 2 aliphatic rings. The summed E-state index contributed by atoms with van der Waals surface area (Å²) < 4.78 is 11.0. The summed E-state index contributed by atoms with van der Waals surface area (Å²) in [5.74, 6) is 0.658. The van der Waals surface area contributed by atoms with Gasteiger partial charge >= 0.3 is 0 Å². The van der Waals surface area contributed by atoms with Gasteiger partial charge in [0.1, 0.15) is 0 Å². The first-order chi connectivity index (χ1) is 10.2. The fraction of sp³-hybridized carbons (Fsp3) is 0.688. The van der Waals surface area contributed by atoms with Gasteiger partial charge in [0.25, 0.3) is 5.91 Å². The van der Waals surface area contributed by atoms with Gasteiger partial charge in [-0.05, 0) is 36.1 Å². The van der Waals surface area contributed by atoms with Crippen molar-refractivity contribution in [3.05, 3.63) is 22.4 Å². The summed E-state index contributed by atoms with van der Waals surface area (Å²) in [5, 5.41) is 1.96. The number of carbonyl (C=O) groups is 1. The summed E-state index contributed by atoms with van der Waals surface area (Å²) in [6.07, 6.45) is 3.24. The first kappa shape index (κ1) is 15.0. The van der Waals surface area contributed by atoms with E-state index >= 15 is 0 Å². The van der Waals surface area contributed by atoms with Crippen LogP contribution < -0.4 is 0 Å². The van der Waals surface area contributed by atoms with Gasteiger partial charge in [0.2, 0.25) is 0 Å². The van der Waals surface area contributed by atoms with E-state index in [4.69, 9.17) is 9.47 Å². The lowest BCUT2D eigenvalue weighted by Gasteiger charge is -2.48. The molecule has 116 valence electrons. The van der Waals surface area contributed by atoms with Gasteiger partial charge in [0.05, 0.1) is 18.1 Å². The largest absolute Gasteiger partial charge is 0.384 e. The van der Waals surface area contributed by atoms with E-state index in [0.717, 1.165) is 57.0 Å². The van der Waals surface area contributed by atoms with Crippen molar-refractivity contribution in [2.24, 2.45) is 11.3 Å². The summed E-state index contributed by atoms with van der Waals surface area (Å²) >= 11 is 1.53. The Kier molecular flexibility index (Phi) is 4.62. The van der Waals surface area contributed by atoms with E-state index in [-0.39, 0.29) is 5.91 Å². The van der Waals surface area contributed by atoms with Crippen LogP contribution in [0.1, 0.15) is 28.9 Å². The van der Waals surface area contributed by atoms with E-state index in [2.05, 4.69) is 0 Å². The molecule has 21 heavy (non-hydrogen) atoms. The maximum Gasteiger partial charge on any atom is 0.263 e. The fourth-order valence-electron chi connectivity index (χ4n) is 3.68. The lowest BCUT2D eigenvalue weighted by atomic mass is 9.66. The quantitative estimate of drug-likeness (QED) is 0.861. The Morgan fingerprint density at radius 1 is 1.48 bits per heavy atom. The van der Waals surface area contributed by atoms with Crippen LogP contribution in [0.5, 0.6) is 0 Å². The minimum atomic E-state index is 0.190. The number of thiophene rings is 1. The molecular weight excluding hydrogens is 286 g/mol. The van der Waals surface area contributed by atoms with Crippen molar-refractivity contribution in [1.29, 1.82) is 0 Å². The van der Waals surface area contributed by atoms with Gasteiger partial charge in [-0.15, -0.1) is 11.3 Å². The monoisotopic (exact) mass is 309 g/mol. The number of piperidine rings is 1. The van der Waals surface area contributed by atoms with Crippen LogP contribution in [-0.4, -0.2) is 50.8 Å². The van der Waals surface area contributed by atoms with Crippen molar-refractivity contribution in [1.82, 2.24) is 4.90 Å². The molecule has 0 saturated carbocycles. The predicted octanol–water partition coefficient (Wildman–Crippen LogP) is 2.65. The SMILES string of the molecule is COC[C@@H]1COCCC12CCN(C(=O)c1cccs1)CC2. The number of likely N-dealkylation sites (tertiary alicyclic amines) is 1. The lowest BCUT2D eigenvalue weighted by molar-refractivity contribution is -0.0912. The fourth-order valence-corrected chi connectivity index (χ4v) is 4.37. The maximum absolute atomic E-state index is 12.4. The van der Waals surface area contributed by atoms with Crippen LogP contribution in [0.4, 0.5) is 0 Å². The molecule has 1 aromatic heterocycles. The topological polar surface area (TPSA) is 38.8 Å². The molecule has 1 spiro atoms. The highest BCUT2D eigenvalue weighted by molar-refractivity contribution is 7.12. The minimum absolute atomic E-state index is 0.190. The number of carbonyl (C=O) groups excluding carboxylic acids is 1. The molecule has 3 heterocycles. The number of rotatable bonds is 3. The first-order valence-electron chi connectivity index (χ1n) is 7.65. The van der Waals surface area contributed by atoms with Crippen molar-refractivity contribution in [3.63, 3.8) is 0 Å². The third kappa shape index (κ3) is 3.00. The van der Waals surface area contributed by atoms with Crippen LogP contribution in [0.25, 0.3) is 0 Å². The highest BCUT2D eigenvalue weighted by Gasteiger charge is 2.44. The third-order valence-electron chi connectivity index (χ3n) is 5.08. The molecule has 2 aliphatic heterocycles. The molecule has 0 aliphatic carbocycles. The number of methoxy groups -OCH3 is 1. The standard InChI is InChI=1S/C16H23NO3S/c1-19-11-13-12-20-9-6-16(13)4-7-17(8-5-16)15(18)14-3-2-10-21-14/h2-3,10,13H,4-9,11-12H2,1H3/t13-/m1/s1. The third-order valence-corrected chi connectivity index (χ3v) is 5.93. The molecule has 0 bridgehead atoms. The Labute approximate surface area is 130 Å². The van der Waals surface area contributed by atoms with Gasteiger partial charge in [-0.3, -0.25) is 4.79 Å². The van der Waals surface area contributed by atoms with E-state index < -0.39 is 0 Å². The second-order valence-corrected chi connectivity index (χ2v) is 7.06. The van der Waals surface area contributed by atoms with Crippen LogP contribution in [0.2, 0.25) is 0 Å². The zero-order valence-electron chi connectivity index (χ0n) is 12.5. The van der Waals surface area contributed by atoms with E-state index in [1.807, 2.05) is 22.4 Å². The van der Waals surface area contributed by atoms with Crippen molar-refractivity contribution in [2.75, 3.05) is 40.0 Å². The van der Waals surface area contributed by atoms with Gasteiger partial charge in [-0.25, -0.2) is 0 Å². The van der Waals surface area contributed by atoms with Crippen LogP contribution >= 0.6 is 11.3 Å². The number of ether oxygens (including phenoxy) is 2. The second-order valence-electron chi connectivity index (χ2n) is 6.11. The van der Waals surface area contributed by atoms with Crippen molar-refractivity contribution >= 4 is 17.2 Å². The molecule has 5 heteroatoms. The zero-order valence-corrected chi connectivity index (χ0v) is 13.4. The average Bonchev–Trinajstić information content (AvgIpc) is 3.04. The first-order valence-corrected chi connectivity index (χ1v) is 8.53. The molecule has 2 saturated heterocycles. The van der Waals surface area contributed by atoms with Crippen LogP contribution in [0, 0.1) is 11.3 Å². The van der Waals surface area contributed by atoms with Gasteiger partial charge in [-0.1, -0.05) is 6.07 Å². The second kappa shape index (κ2) is 6.46. The predicted molar refractivity (Wildman–Crippen MR) is 82.7 cm³/mol. The smallest absolute Gasteiger partial charge is 0.263 e. The summed E-state index contributed by atoms with van der Waals surface area (Å²) in [4.78, 5) is 15.3. The summed E-state index contributed by atoms with van der Waals surface area (Å²) in [6.45, 7) is 4.12. The van der Waals surface area contributed by atoms with Gasteiger partial charge in [0, 0.05) is 32.7 Å². The van der Waals surface area contributed by atoms with Crippen molar-refractivity contribution in [3.8, 4) is 0 Å². The van der Waals surface area contributed by atoms with Gasteiger partial charge in [0.15, 0.2) is 0 Å². The Morgan fingerprint density at radius 2 is 2.29 bits per heavy atom. The van der Waals surface area contributed by atoms with Crippen molar-refractivity contribution < 1.29 is 14.3 Å². The van der Waals surface area contributed by atoms with E-state index in [9.17, 15) is 4.79 Å². The highest BCUT2D eigenvalue weighted by atomic mass is 32.1. The number of hydrogen-bond donors (Lipinski definition) is 0. The Hall–Kier alpha value is -0.910. The molecule has 0 radical (unpaired) electrons. The van der Waals surface area contributed by atoms with Gasteiger partial charge in [-0.2, -0.15) is 0 Å². The summed E-state index contributed by atoms with van der Waals surface area (Å²) in [6, 6.07) is 3.86. The van der Waals surface area contributed by atoms with E-state index in [1.54, 1.807) is 7.11 Å². The normalized spacial score (nSPS) is 25.2. The summed E-state index contributed by atoms with van der Waals surface area (Å²) in [5.41, 5.74) is 0.306. The van der Waals surface area contributed by atoms with E-state index in [0.29, 0.717) is 11.3 Å². The van der Waals surface area contributed by atoms with E-state index in [1.165, 1.54) is 11.3 Å². The number of amides is 1. The van der Waals surface area contributed by atoms with Gasteiger partial charge < -0.3 is 14.4 Å². The van der Waals surface area contributed by atoms with Crippen LogP contribution in [-0.2, 0) is 9.47 Å². The molecule has 0 aromatic carbocycles. The number of hydrogen-bond acceptors (Lipinski definition) is 4. The van der Waals surface area contributed by atoms with Crippen LogP contribution in [0.3, 0.4) is 0 Å². The number of nitrogens with zero attached hydrogens (tertiary/aromatic N) is 1. The highest BCUT2D eigenvalue weighted by Crippen LogP contribution is 2.45. The maximum atomic E-state index is 12.4. The molecule has 2 fully saturated rings. The molecule has 0 N–H and O–H groups in total. The summed E-state index contributed by atoms with van der Waals surface area (Å²) in [7, 11) is 1.76. The molecular formula is C16H23NO3S. The minimum Gasteiger partial charge on any atom is -0.384 e. The molecule has 0 unspecified atom stereocenters. The average molecular weight is 309 g/mol. The Bertz CT molecular complexity index is 464. The van der Waals surface area contributed by atoms with Crippen molar-refractivity contribution in [2.45, 2.75) is 19.3 Å². The molecule has 3 rings (SSSR count). The zero-order chi connectivity index (χ0) is 14.7. The molecule has 1 amide bonds. The Morgan fingerprint density at radius 3 is 2.95 bits per heavy atom. The molecule has 1 aromatic rings.